The average Bonchev–Trinajstić information content (AvgIpc) is 2.18. The molecule has 0 aromatic heterocycles. The lowest BCUT2D eigenvalue weighted by molar-refractivity contribution is 0.114. The molecule has 0 bridgehead atoms. The normalized spacial score (nSPS) is 18.8. The van der Waals surface area contributed by atoms with Gasteiger partial charge in [0.15, 0.2) is 0 Å². The van der Waals surface area contributed by atoms with E-state index in [0.717, 1.165) is 18.8 Å². The van der Waals surface area contributed by atoms with Gasteiger partial charge in [-0.05, 0) is 24.7 Å². The van der Waals surface area contributed by atoms with Gasteiger partial charge in [-0.25, -0.2) is 0 Å². The van der Waals surface area contributed by atoms with Crippen molar-refractivity contribution in [1.82, 2.24) is 0 Å². The predicted octanol–water partition coefficient (Wildman–Crippen LogP) is 2.73. The maximum absolute atomic E-state index is 9.27. The standard InChI is InChI=1S/C13H26O2/c14-10-5-3-1-2-4-7-13(11-15)12-8-6-9-12/h12-15H,1-11H2. The van der Waals surface area contributed by atoms with Gasteiger partial charge in [-0.15, -0.1) is 0 Å². The van der Waals surface area contributed by atoms with E-state index in [1.165, 1.54) is 44.9 Å². The van der Waals surface area contributed by atoms with Crippen LogP contribution >= 0.6 is 0 Å². The third-order valence-electron chi connectivity index (χ3n) is 3.78. The third-order valence-corrected chi connectivity index (χ3v) is 3.78. The molecule has 2 N–H and O–H groups in total. The molecule has 2 heteroatoms. The van der Waals surface area contributed by atoms with Crippen LogP contribution in [0.4, 0.5) is 0 Å². The highest BCUT2D eigenvalue weighted by molar-refractivity contribution is 4.77. The molecule has 1 fully saturated rings. The molecule has 1 atom stereocenters. The summed E-state index contributed by atoms with van der Waals surface area (Å²) < 4.78 is 0. The zero-order valence-corrected chi connectivity index (χ0v) is 9.83. The van der Waals surface area contributed by atoms with Gasteiger partial charge < -0.3 is 10.2 Å². The van der Waals surface area contributed by atoms with Crippen LogP contribution in [0.25, 0.3) is 0 Å². The summed E-state index contributed by atoms with van der Waals surface area (Å²) >= 11 is 0. The van der Waals surface area contributed by atoms with Gasteiger partial charge in [0.25, 0.3) is 0 Å². The van der Waals surface area contributed by atoms with Crippen LogP contribution in [-0.2, 0) is 0 Å². The SMILES string of the molecule is OCCCCCCCC(CO)C1CCC1. The van der Waals surface area contributed by atoms with Crippen molar-refractivity contribution in [3.05, 3.63) is 0 Å². The molecule has 15 heavy (non-hydrogen) atoms. The molecule has 1 rings (SSSR count). The Labute approximate surface area is 93.7 Å². The number of unbranched alkanes of at least 4 members (excludes halogenated alkanes) is 4. The molecule has 1 aliphatic carbocycles. The van der Waals surface area contributed by atoms with Crippen molar-refractivity contribution < 1.29 is 10.2 Å². The number of aliphatic hydroxyl groups is 2. The average molecular weight is 214 g/mol. The zero-order valence-electron chi connectivity index (χ0n) is 9.83. The number of rotatable bonds is 9. The van der Waals surface area contributed by atoms with Crippen molar-refractivity contribution in [3.63, 3.8) is 0 Å². The summed E-state index contributed by atoms with van der Waals surface area (Å²) in [6.45, 7) is 0.725. The molecule has 0 radical (unpaired) electrons. The molecule has 2 nitrogen and oxygen atoms in total. The summed E-state index contributed by atoms with van der Waals surface area (Å²) in [7, 11) is 0. The first kappa shape index (κ1) is 13.0. The summed E-state index contributed by atoms with van der Waals surface area (Å²) in [6.07, 6.45) is 11.1. The lowest BCUT2D eigenvalue weighted by Gasteiger charge is -2.32. The van der Waals surface area contributed by atoms with Crippen LogP contribution in [0.2, 0.25) is 0 Å². The maximum Gasteiger partial charge on any atom is 0.0461 e. The van der Waals surface area contributed by atoms with Crippen LogP contribution in [0.15, 0.2) is 0 Å². The highest BCUT2D eigenvalue weighted by Crippen LogP contribution is 2.35. The van der Waals surface area contributed by atoms with Gasteiger partial charge in [-0.1, -0.05) is 44.9 Å². The highest BCUT2D eigenvalue weighted by Gasteiger charge is 2.25. The van der Waals surface area contributed by atoms with E-state index in [-0.39, 0.29) is 0 Å². The molecule has 0 spiro atoms. The van der Waals surface area contributed by atoms with Crippen molar-refractivity contribution in [1.29, 1.82) is 0 Å². The Hall–Kier alpha value is -0.0800. The largest absolute Gasteiger partial charge is 0.396 e. The molecule has 0 aromatic rings. The summed E-state index contributed by atoms with van der Waals surface area (Å²) in [5.74, 6) is 1.41. The van der Waals surface area contributed by atoms with Gasteiger partial charge >= 0.3 is 0 Å². The summed E-state index contributed by atoms with van der Waals surface area (Å²) in [5, 5.41) is 17.9. The topological polar surface area (TPSA) is 40.5 Å². The van der Waals surface area contributed by atoms with Crippen LogP contribution in [0.5, 0.6) is 0 Å². The van der Waals surface area contributed by atoms with E-state index in [4.69, 9.17) is 5.11 Å². The molecule has 1 unspecified atom stereocenters. The quantitative estimate of drug-likeness (QED) is 0.579. The molecular formula is C13H26O2. The van der Waals surface area contributed by atoms with Crippen LogP contribution < -0.4 is 0 Å². The molecule has 1 saturated carbocycles. The van der Waals surface area contributed by atoms with Crippen LogP contribution in [0, 0.1) is 11.8 Å². The fraction of sp³-hybridized carbons (Fsp3) is 1.00. The Balaban J connectivity index is 1.92. The number of hydrogen-bond acceptors (Lipinski definition) is 2. The second-order valence-electron chi connectivity index (χ2n) is 4.91. The van der Waals surface area contributed by atoms with E-state index in [1.54, 1.807) is 0 Å². The molecule has 0 aromatic carbocycles. The Morgan fingerprint density at radius 3 is 2.13 bits per heavy atom. The van der Waals surface area contributed by atoms with Gasteiger partial charge in [0, 0.05) is 13.2 Å². The van der Waals surface area contributed by atoms with E-state index >= 15 is 0 Å². The van der Waals surface area contributed by atoms with Crippen LogP contribution in [0.3, 0.4) is 0 Å². The zero-order chi connectivity index (χ0) is 10.9. The van der Waals surface area contributed by atoms with E-state index in [1.807, 2.05) is 0 Å². The van der Waals surface area contributed by atoms with E-state index in [2.05, 4.69) is 0 Å². The predicted molar refractivity (Wildman–Crippen MR) is 62.7 cm³/mol. The van der Waals surface area contributed by atoms with Gasteiger partial charge in [-0.2, -0.15) is 0 Å². The Morgan fingerprint density at radius 2 is 1.60 bits per heavy atom. The van der Waals surface area contributed by atoms with Crippen LogP contribution in [0.1, 0.15) is 57.8 Å². The second kappa shape index (κ2) is 8.12. The molecule has 1 aliphatic rings. The minimum absolute atomic E-state index is 0.335. The lowest BCUT2D eigenvalue weighted by Crippen LogP contribution is -2.24. The summed E-state index contributed by atoms with van der Waals surface area (Å²) in [5.41, 5.74) is 0. The molecule has 90 valence electrons. The Bertz CT molecular complexity index is 143. The van der Waals surface area contributed by atoms with Gasteiger partial charge in [-0.3, -0.25) is 0 Å². The van der Waals surface area contributed by atoms with Gasteiger partial charge in [0.2, 0.25) is 0 Å². The van der Waals surface area contributed by atoms with Crippen LogP contribution in [-0.4, -0.2) is 23.4 Å². The molecule has 0 aliphatic heterocycles. The monoisotopic (exact) mass is 214 g/mol. The maximum atomic E-state index is 9.27. The van der Waals surface area contributed by atoms with Crippen molar-refractivity contribution >= 4 is 0 Å². The van der Waals surface area contributed by atoms with E-state index in [0.29, 0.717) is 19.1 Å². The smallest absolute Gasteiger partial charge is 0.0461 e. The minimum atomic E-state index is 0.335. The van der Waals surface area contributed by atoms with E-state index in [9.17, 15) is 5.11 Å². The first-order valence-electron chi connectivity index (χ1n) is 6.60. The molecule has 0 heterocycles. The third kappa shape index (κ3) is 4.98. The van der Waals surface area contributed by atoms with Crippen molar-refractivity contribution in [2.75, 3.05) is 13.2 Å². The Morgan fingerprint density at radius 1 is 0.933 bits per heavy atom. The van der Waals surface area contributed by atoms with Gasteiger partial charge in [0.1, 0.15) is 0 Å². The number of hydrogen-bond donors (Lipinski definition) is 2. The lowest BCUT2D eigenvalue weighted by atomic mass is 9.74. The second-order valence-corrected chi connectivity index (χ2v) is 4.91. The van der Waals surface area contributed by atoms with Gasteiger partial charge in [0.05, 0.1) is 0 Å². The summed E-state index contributed by atoms with van der Waals surface area (Å²) in [4.78, 5) is 0. The molecular weight excluding hydrogens is 188 g/mol. The first-order valence-corrected chi connectivity index (χ1v) is 6.60. The first-order chi connectivity index (χ1) is 7.38. The molecule has 0 saturated heterocycles. The summed E-state index contributed by atoms with van der Waals surface area (Å²) in [6, 6.07) is 0. The van der Waals surface area contributed by atoms with Crippen molar-refractivity contribution in [2.24, 2.45) is 11.8 Å². The Kier molecular flexibility index (Phi) is 7.03. The van der Waals surface area contributed by atoms with Crippen molar-refractivity contribution in [2.45, 2.75) is 57.8 Å². The molecule has 0 amide bonds. The fourth-order valence-electron chi connectivity index (χ4n) is 2.44. The highest BCUT2D eigenvalue weighted by atomic mass is 16.3. The number of aliphatic hydroxyl groups excluding tert-OH is 2. The minimum Gasteiger partial charge on any atom is -0.396 e. The fourth-order valence-corrected chi connectivity index (χ4v) is 2.44. The van der Waals surface area contributed by atoms with E-state index < -0.39 is 0 Å². The van der Waals surface area contributed by atoms with Crippen molar-refractivity contribution in [3.8, 4) is 0 Å².